The molecule has 0 amide bonds. The first-order valence-electron chi connectivity index (χ1n) is 7.54. The average Bonchev–Trinajstić information content (AvgIpc) is 2.62. The second-order valence-electron chi connectivity index (χ2n) is 5.40. The van der Waals surface area contributed by atoms with Crippen LogP contribution in [-0.2, 0) is 0 Å². The van der Waals surface area contributed by atoms with E-state index >= 15 is 0 Å². The van der Waals surface area contributed by atoms with Gasteiger partial charge in [-0.05, 0) is 35.4 Å². The Balaban J connectivity index is 1.92. The van der Waals surface area contributed by atoms with Gasteiger partial charge in [0, 0.05) is 10.2 Å². The van der Waals surface area contributed by atoms with Gasteiger partial charge in [-0.15, -0.1) is 0 Å². The standard InChI is InChI=1S/C20H18BrNO/c21-17-11-13-18(14-12-17)22-19(15-7-3-1-4-8-15)20(23)16-9-5-2-6-10-16/h1-14,19-20,22-23H/t19-,20-/m1/s1. The van der Waals surface area contributed by atoms with E-state index < -0.39 is 6.10 Å². The highest BCUT2D eigenvalue weighted by Gasteiger charge is 2.22. The van der Waals surface area contributed by atoms with Gasteiger partial charge in [-0.25, -0.2) is 0 Å². The van der Waals surface area contributed by atoms with Gasteiger partial charge in [-0.2, -0.15) is 0 Å². The average molecular weight is 368 g/mol. The van der Waals surface area contributed by atoms with E-state index in [1.54, 1.807) is 0 Å². The van der Waals surface area contributed by atoms with Crippen molar-refractivity contribution in [3.63, 3.8) is 0 Å². The summed E-state index contributed by atoms with van der Waals surface area (Å²) < 4.78 is 1.03. The van der Waals surface area contributed by atoms with Crippen molar-refractivity contribution in [1.29, 1.82) is 0 Å². The van der Waals surface area contributed by atoms with Crippen molar-refractivity contribution in [2.75, 3.05) is 5.32 Å². The molecule has 0 aliphatic carbocycles. The Labute approximate surface area is 144 Å². The predicted molar refractivity (Wildman–Crippen MR) is 98.3 cm³/mol. The molecule has 0 saturated heterocycles. The van der Waals surface area contributed by atoms with Crippen molar-refractivity contribution in [1.82, 2.24) is 0 Å². The number of hydrogen-bond acceptors (Lipinski definition) is 2. The molecule has 0 bridgehead atoms. The summed E-state index contributed by atoms with van der Waals surface area (Å²) in [5.41, 5.74) is 2.91. The zero-order chi connectivity index (χ0) is 16.1. The van der Waals surface area contributed by atoms with Gasteiger partial charge >= 0.3 is 0 Å². The van der Waals surface area contributed by atoms with Crippen molar-refractivity contribution < 1.29 is 5.11 Å². The van der Waals surface area contributed by atoms with E-state index in [1.165, 1.54) is 0 Å². The van der Waals surface area contributed by atoms with Crippen LogP contribution in [0.4, 0.5) is 5.69 Å². The van der Waals surface area contributed by atoms with Crippen LogP contribution in [0.15, 0.2) is 89.4 Å². The fraction of sp³-hybridized carbons (Fsp3) is 0.100. The Morgan fingerprint density at radius 3 is 1.78 bits per heavy atom. The number of hydrogen-bond donors (Lipinski definition) is 2. The van der Waals surface area contributed by atoms with Gasteiger partial charge in [0.05, 0.1) is 6.04 Å². The van der Waals surface area contributed by atoms with E-state index in [-0.39, 0.29) is 6.04 Å². The molecule has 3 aromatic rings. The summed E-state index contributed by atoms with van der Waals surface area (Å²) in [6, 6.07) is 27.5. The van der Waals surface area contributed by atoms with Gasteiger partial charge < -0.3 is 10.4 Å². The highest BCUT2D eigenvalue weighted by atomic mass is 79.9. The van der Waals surface area contributed by atoms with Gasteiger partial charge in [0.2, 0.25) is 0 Å². The first-order valence-corrected chi connectivity index (χ1v) is 8.33. The molecule has 0 aliphatic rings. The summed E-state index contributed by atoms with van der Waals surface area (Å²) in [4.78, 5) is 0. The van der Waals surface area contributed by atoms with Crippen LogP contribution in [0.25, 0.3) is 0 Å². The zero-order valence-electron chi connectivity index (χ0n) is 12.6. The quantitative estimate of drug-likeness (QED) is 0.638. The molecular formula is C20H18BrNO. The number of nitrogens with one attached hydrogen (secondary N) is 1. The van der Waals surface area contributed by atoms with Gasteiger partial charge in [0.15, 0.2) is 0 Å². The maximum absolute atomic E-state index is 10.9. The highest BCUT2D eigenvalue weighted by molar-refractivity contribution is 9.10. The Morgan fingerprint density at radius 1 is 0.696 bits per heavy atom. The SMILES string of the molecule is O[C@H](c1ccccc1)[C@H](Nc1ccc(Br)cc1)c1ccccc1. The predicted octanol–water partition coefficient (Wildman–Crippen LogP) is 5.34. The largest absolute Gasteiger partial charge is 0.386 e. The number of benzene rings is 3. The minimum atomic E-state index is -0.637. The number of aliphatic hydroxyl groups is 1. The van der Waals surface area contributed by atoms with Crippen molar-refractivity contribution in [2.24, 2.45) is 0 Å². The van der Waals surface area contributed by atoms with E-state index in [9.17, 15) is 5.11 Å². The fourth-order valence-electron chi connectivity index (χ4n) is 2.57. The molecule has 0 saturated carbocycles. The minimum Gasteiger partial charge on any atom is -0.386 e. The highest BCUT2D eigenvalue weighted by Crippen LogP contribution is 2.32. The smallest absolute Gasteiger partial charge is 0.103 e. The lowest BCUT2D eigenvalue weighted by atomic mass is 9.95. The molecule has 0 unspecified atom stereocenters. The lowest BCUT2D eigenvalue weighted by molar-refractivity contribution is 0.155. The molecular weight excluding hydrogens is 350 g/mol. The van der Waals surface area contributed by atoms with E-state index in [2.05, 4.69) is 21.2 Å². The molecule has 0 aliphatic heterocycles. The Hall–Kier alpha value is -2.10. The summed E-state index contributed by atoms with van der Waals surface area (Å²) in [5, 5.41) is 14.3. The summed E-state index contributed by atoms with van der Waals surface area (Å²) >= 11 is 3.45. The lowest BCUT2D eigenvalue weighted by Crippen LogP contribution is -2.19. The summed E-state index contributed by atoms with van der Waals surface area (Å²) in [6.07, 6.45) is -0.637. The molecule has 0 aromatic heterocycles. The molecule has 3 aromatic carbocycles. The molecule has 2 atom stereocenters. The summed E-state index contributed by atoms with van der Waals surface area (Å²) in [5.74, 6) is 0. The molecule has 2 nitrogen and oxygen atoms in total. The van der Waals surface area contributed by atoms with Crippen LogP contribution in [0.2, 0.25) is 0 Å². The third kappa shape index (κ3) is 4.01. The normalized spacial score (nSPS) is 13.3. The second-order valence-corrected chi connectivity index (χ2v) is 6.31. The van der Waals surface area contributed by atoms with Crippen molar-refractivity contribution in [2.45, 2.75) is 12.1 Å². The third-order valence-corrected chi connectivity index (χ3v) is 4.31. The molecule has 0 radical (unpaired) electrons. The molecule has 2 N–H and O–H groups in total. The first kappa shape index (κ1) is 15.8. The molecule has 0 spiro atoms. The Morgan fingerprint density at radius 2 is 1.22 bits per heavy atom. The first-order chi connectivity index (χ1) is 11.2. The monoisotopic (exact) mass is 367 g/mol. The Bertz CT molecular complexity index is 729. The van der Waals surface area contributed by atoms with Crippen molar-refractivity contribution in [3.05, 3.63) is 101 Å². The fourth-order valence-corrected chi connectivity index (χ4v) is 2.84. The number of rotatable bonds is 5. The van der Waals surface area contributed by atoms with Crippen molar-refractivity contribution >= 4 is 21.6 Å². The molecule has 116 valence electrons. The van der Waals surface area contributed by atoms with Crippen LogP contribution in [0.1, 0.15) is 23.3 Å². The van der Waals surface area contributed by atoms with Gasteiger partial charge in [-0.3, -0.25) is 0 Å². The van der Waals surface area contributed by atoms with Crippen LogP contribution in [0, 0.1) is 0 Å². The molecule has 23 heavy (non-hydrogen) atoms. The number of halogens is 1. The van der Waals surface area contributed by atoms with Crippen molar-refractivity contribution in [3.8, 4) is 0 Å². The Kier molecular flexibility index (Phi) is 5.11. The van der Waals surface area contributed by atoms with Gasteiger partial charge in [0.1, 0.15) is 6.10 Å². The third-order valence-electron chi connectivity index (χ3n) is 3.78. The summed E-state index contributed by atoms with van der Waals surface area (Å²) in [6.45, 7) is 0. The van der Waals surface area contributed by atoms with Crippen LogP contribution in [0.3, 0.4) is 0 Å². The topological polar surface area (TPSA) is 32.3 Å². The lowest BCUT2D eigenvalue weighted by Gasteiger charge is -2.26. The van der Waals surface area contributed by atoms with Crippen LogP contribution in [-0.4, -0.2) is 5.11 Å². The van der Waals surface area contributed by atoms with Gasteiger partial charge in [0.25, 0.3) is 0 Å². The molecule has 0 heterocycles. The van der Waals surface area contributed by atoms with Crippen LogP contribution < -0.4 is 5.32 Å². The van der Waals surface area contributed by atoms with Crippen LogP contribution >= 0.6 is 15.9 Å². The minimum absolute atomic E-state index is 0.222. The molecule has 3 heteroatoms. The van der Waals surface area contributed by atoms with Gasteiger partial charge in [-0.1, -0.05) is 76.6 Å². The number of anilines is 1. The van der Waals surface area contributed by atoms with E-state index in [0.29, 0.717) is 0 Å². The van der Waals surface area contributed by atoms with E-state index in [0.717, 1.165) is 21.3 Å². The summed E-state index contributed by atoms with van der Waals surface area (Å²) in [7, 11) is 0. The molecule has 3 rings (SSSR count). The van der Waals surface area contributed by atoms with Crippen LogP contribution in [0.5, 0.6) is 0 Å². The zero-order valence-corrected chi connectivity index (χ0v) is 14.1. The second kappa shape index (κ2) is 7.44. The van der Waals surface area contributed by atoms with E-state index in [1.807, 2.05) is 84.9 Å². The molecule has 0 fully saturated rings. The maximum Gasteiger partial charge on any atom is 0.103 e. The van der Waals surface area contributed by atoms with E-state index in [4.69, 9.17) is 0 Å². The number of aliphatic hydroxyl groups excluding tert-OH is 1. The maximum atomic E-state index is 10.9.